The van der Waals surface area contributed by atoms with Crippen molar-refractivity contribution in [3.8, 4) is 0 Å². The van der Waals surface area contributed by atoms with Gasteiger partial charge in [-0.15, -0.1) is 0 Å². The zero-order valence-electron chi connectivity index (χ0n) is 8.72. The predicted molar refractivity (Wildman–Crippen MR) is 65.8 cm³/mol. The molecule has 0 atom stereocenters. The van der Waals surface area contributed by atoms with E-state index in [0.29, 0.717) is 17.8 Å². The number of hydrogen-bond acceptors (Lipinski definition) is 2. The highest BCUT2D eigenvalue weighted by molar-refractivity contribution is 9.10. The van der Waals surface area contributed by atoms with E-state index in [2.05, 4.69) is 28.2 Å². The third-order valence-electron chi connectivity index (χ3n) is 2.05. The molecule has 0 unspecified atom stereocenters. The van der Waals surface area contributed by atoms with E-state index in [1.54, 1.807) is 18.2 Å². The summed E-state index contributed by atoms with van der Waals surface area (Å²) in [4.78, 5) is 11.7. The molecule has 0 aliphatic carbocycles. The fourth-order valence-electron chi connectivity index (χ4n) is 1.19. The Morgan fingerprint density at radius 3 is 2.87 bits per heavy atom. The van der Waals surface area contributed by atoms with Gasteiger partial charge in [-0.1, -0.05) is 13.3 Å². The predicted octanol–water partition coefficient (Wildman–Crippen LogP) is 2.56. The minimum Gasteiger partial charge on any atom is -0.399 e. The summed E-state index contributed by atoms with van der Waals surface area (Å²) < 4.78 is 0.733. The molecule has 0 saturated heterocycles. The number of nitrogens with two attached hydrogens (primary N) is 1. The number of rotatable bonds is 4. The van der Waals surface area contributed by atoms with Crippen LogP contribution in [0.15, 0.2) is 22.7 Å². The van der Waals surface area contributed by atoms with Gasteiger partial charge in [-0.25, -0.2) is 0 Å². The largest absolute Gasteiger partial charge is 0.399 e. The zero-order chi connectivity index (χ0) is 11.3. The molecule has 3 N–H and O–H groups in total. The first-order chi connectivity index (χ1) is 7.15. The lowest BCUT2D eigenvalue weighted by atomic mass is 10.2. The summed E-state index contributed by atoms with van der Waals surface area (Å²) in [6, 6.07) is 5.18. The Labute approximate surface area is 98.2 Å². The second-order valence-corrected chi connectivity index (χ2v) is 4.20. The highest BCUT2D eigenvalue weighted by atomic mass is 79.9. The van der Waals surface area contributed by atoms with Crippen molar-refractivity contribution in [1.82, 2.24) is 5.32 Å². The molecule has 4 heteroatoms. The number of carbonyl (C=O) groups is 1. The van der Waals surface area contributed by atoms with Crippen LogP contribution in [-0.2, 0) is 0 Å². The number of halogens is 1. The summed E-state index contributed by atoms with van der Waals surface area (Å²) in [5.74, 6) is -0.0599. The van der Waals surface area contributed by atoms with Gasteiger partial charge in [0.1, 0.15) is 0 Å². The van der Waals surface area contributed by atoms with Crippen LogP contribution < -0.4 is 11.1 Å². The highest BCUT2D eigenvalue weighted by Gasteiger charge is 2.08. The van der Waals surface area contributed by atoms with Gasteiger partial charge >= 0.3 is 0 Å². The lowest BCUT2D eigenvalue weighted by Crippen LogP contribution is -2.24. The molecule has 1 aromatic carbocycles. The molecule has 0 aliphatic rings. The van der Waals surface area contributed by atoms with Gasteiger partial charge in [-0.2, -0.15) is 0 Å². The van der Waals surface area contributed by atoms with Crippen molar-refractivity contribution in [2.75, 3.05) is 12.3 Å². The van der Waals surface area contributed by atoms with E-state index in [9.17, 15) is 4.79 Å². The molecule has 1 rings (SSSR count). The number of anilines is 1. The molecule has 15 heavy (non-hydrogen) atoms. The average Bonchev–Trinajstić information content (AvgIpc) is 2.17. The van der Waals surface area contributed by atoms with Crippen molar-refractivity contribution < 1.29 is 4.79 Å². The van der Waals surface area contributed by atoms with E-state index in [-0.39, 0.29) is 5.91 Å². The molecule has 1 aromatic rings. The minimum atomic E-state index is -0.0599. The average molecular weight is 271 g/mol. The number of nitrogen functional groups attached to an aromatic ring is 1. The highest BCUT2D eigenvalue weighted by Crippen LogP contribution is 2.19. The number of benzene rings is 1. The standard InChI is InChI=1S/C11H15BrN2O/c1-2-3-6-14-11(15)9-5-4-8(13)7-10(9)12/h4-5,7H,2-3,6,13H2,1H3,(H,14,15). The van der Waals surface area contributed by atoms with E-state index >= 15 is 0 Å². The zero-order valence-corrected chi connectivity index (χ0v) is 10.3. The Hall–Kier alpha value is -1.03. The summed E-state index contributed by atoms with van der Waals surface area (Å²) >= 11 is 3.32. The molecule has 0 spiro atoms. The van der Waals surface area contributed by atoms with Crippen LogP contribution >= 0.6 is 15.9 Å². The van der Waals surface area contributed by atoms with Crippen LogP contribution in [0.2, 0.25) is 0 Å². The van der Waals surface area contributed by atoms with Crippen LogP contribution in [-0.4, -0.2) is 12.5 Å². The maximum absolute atomic E-state index is 11.7. The molecule has 82 valence electrons. The Balaban J connectivity index is 2.65. The quantitative estimate of drug-likeness (QED) is 0.653. The van der Waals surface area contributed by atoms with Gasteiger partial charge in [0.25, 0.3) is 5.91 Å². The van der Waals surface area contributed by atoms with Gasteiger partial charge in [0, 0.05) is 16.7 Å². The van der Waals surface area contributed by atoms with Crippen LogP contribution in [0.4, 0.5) is 5.69 Å². The Bertz CT molecular complexity index is 352. The summed E-state index contributed by atoms with van der Waals surface area (Å²) in [6.07, 6.45) is 2.07. The van der Waals surface area contributed by atoms with Gasteiger partial charge in [0.05, 0.1) is 5.56 Å². The normalized spacial score (nSPS) is 10.0. The molecule has 3 nitrogen and oxygen atoms in total. The van der Waals surface area contributed by atoms with E-state index in [0.717, 1.165) is 17.3 Å². The lowest BCUT2D eigenvalue weighted by Gasteiger charge is -2.06. The third kappa shape index (κ3) is 3.55. The first-order valence-corrected chi connectivity index (χ1v) is 5.77. The maximum Gasteiger partial charge on any atom is 0.252 e. The molecule has 0 aromatic heterocycles. The summed E-state index contributed by atoms with van der Waals surface area (Å²) in [7, 11) is 0. The van der Waals surface area contributed by atoms with Gasteiger partial charge in [0.15, 0.2) is 0 Å². The first kappa shape index (κ1) is 12.0. The number of nitrogens with one attached hydrogen (secondary N) is 1. The Morgan fingerprint density at radius 2 is 2.27 bits per heavy atom. The molecule has 0 radical (unpaired) electrons. The van der Waals surface area contributed by atoms with Crippen LogP contribution in [0.3, 0.4) is 0 Å². The second kappa shape index (κ2) is 5.75. The number of unbranched alkanes of at least 4 members (excludes halogenated alkanes) is 1. The fraction of sp³-hybridized carbons (Fsp3) is 0.364. The summed E-state index contributed by atoms with van der Waals surface area (Å²) in [5, 5.41) is 2.85. The monoisotopic (exact) mass is 270 g/mol. The SMILES string of the molecule is CCCCNC(=O)c1ccc(N)cc1Br. The Kier molecular flexibility index (Phi) is 4.62. The first-order valence-electron chi connectivity index (χ1n) is 4.98. The molecule has 0 aliphatic heterocycles. The minimum absolute atomic E-state index is 0.0599. The van der Waals surface area contributed by atoms with Crippen molar-refractivity contribution in [2.24, 2.45) is 0 Å². The van der Waals surface area contributed by atoms with Crippen LogP contribution in [0.1, 0.15) is 30.1 Å². The number of carbonyl (C=O) groups excluding carboxylic acids is 1. The molecular formula is C11H15BrN2O. The van der Waals surface area contributed by atoms with Gasteiger partial charge < -0.3 is 11.1 Å². The summed E-state index contributed by atoms with van der Waals surface area (Å²) in [5.41, 5.74) is 6.86. The number of amides is 1. The lowest BCUT2D eigenvalue weighted by molar-refractivity contribution is 0.0952. The molecule has 0 heterocycles. The van der Waals surface area contributed by atoms with Crippen molar-refractivity contribution in [1.29, 1.82) is 0 Å². The molecule has 0 saturated carbocycles. The van der Waals surface area contributed by atoms with Crippen molar-refractivity contribution in [3.05, 3.63) is 28.2 Å². The van der Waals surface area contributed by atoms with Crippen LogP contribution in [0.25, 0.3) is 0 Å². The van der Waals surface area contributed by atoms with E-state index in [1.807, 2.05) is 0 Å². The molecule has 0 bridgehead atoms. The molecule has 0 fully saturated rings. The van der Waals surface area contributed by atoms with E-state index in [1.165, 1.54) is 0 Å². The van der Waals surface area contributed by atoms with E-state index in [4.69, 9.17) is 5.73 Å². The Morgan fingerprint density at radius 1 is 1.53 bits per heavy atom. The van der Waals surface area contributed by atoms with Gasteiger partial charge in [-0.3, -0.25) is 4.79 Å². The van der Waals surface area contributed by atoms with Crippen molar-refractivity contribution in [2.45, 2.75) is 19.8 Å². The van der Waals surface area contributed by atoms with Crippen LogP contribution in [0.5, 0.6) is 0 Å². The van der Waals surface area contributed by atoms with Gasteiger partial charge in [-0.05, 0) is 40.5 Å². The topological polar surface area (TPSA) is 55.1 Å². The van der Waals surface area contributed by atoms with Crippen LogP contribution in [0, 0.1) is 0 Å². The smallest absolute Gasteiger partial charge is 0.252 e. The fourth-order valence-corrected chi connectivity index (χ4v) is 1.77. The molecule has 1 amide bonds. The van der Waals surface area contributed by atoms with E-state index < -0.39 is 0 Å². The second-order valence-electron chi connectivity index (χ2n) is 3.35. The van der Waals surface area contributed by atoms with Crippen molar-refractivity contribution >= 4 is 27.5 Å². The molecular weight excluding hydrogens is 256 g/mol. The summed E-state index contributed by atoms with van der Waals surface area (Å²) in [6.45, 7) is 2.80. The third-order valence-corrected chi connectivity index (χ3v) is 2.71. The maximum atomic E-state index is 11.7. The van der Waals surface area contributed by atoms with Gasteiger partial charge in [0.2, 0.25) is 0 Å². The van der Waals surface area contributed by atoms with Crippen molar-refractivity contribution in [3.63, 3.8) is 0 Å². The number of hydrogen-bond donors (Lipinski definition) is 2.